The molecular weight excluding hydrogens is 52.0 g/mol. The number of nitrogens with zero attached hydrogens (tertiary/aromatic N) is 1. The van der Waals surface area contributed by atoms with Crippen LogP contribution in [-0.4, -0.2) is 13.4 Å². The lowest BCUT2D eigenvalue weighted by atomic mass is 11.2. The second-order valence-corrected chi connectivity index (χ2v) is 0.406. The van der Waals surface area contributed by atoms with Gasteiger partial charge in [0.1, 0.15) is 0 Å². The van der Waals surface area contributed by atoms with Crippen molar-refractivity contribution in [3.8, 4) is 0 Å². The summed E-state index contributed by atoms with van der Waals surface area (Å²) in [5.41, 5.74) is 4.80. The highest BCUT2D eigenvalue weighted by Gasteiger charge is 1.41. The third-order valence-corrected chi connectivity index (χ3v) is 0.129. The van der Waals surface area contributed by atoms with Crippen LogP contribution in [0.25, 0.3) is 0 Å². The predicted molar refractivity (Wildman–Crippen MR) is 18.6 cm³/mol. The molecule has 0 aromatic carbocycles. The molecule has 0 amide bonds. The first kappa shape index (κ1) is 3.63. The van der Waals surface area contributed by atoms with Crippen LogP contribution < -0.4 is 5.73 Å². The molecule has 0 aromatic rings. The van der Waals surface area contributed by atoms with Crippen LogP contribution in [0.4, 0.5) is 0 Å². The number of aliphatic imine (C=N–C) groups is 1. The maximum Gasteiger partial charge on any atom is 0.0852 e. The lowest BCUT2D eigenvalue weighted by Gasteiger charge is -1.63. The predicted octanol–water partition coefficient (Wildman–Crippen LogP) is -0.397. The van der Waals surface area contributed by atoms with Crippen LogP contribution in [0.2, 0.25) is 0 Å². The fraction of sp³-hybridized carbons (Fsp3) is 0.500. The quantitative estimate of drug-likeness (QED) is 0.409. The van der Waals surface area contributed by atoms with Gasteiger partial charge in [0.05, 0.1) is 6.67 Å². The molecule has 0 atom stereocenters. The van der Waals surface area contributed by atoms with E-state index >= 15 is 0 Å². The Kier molecular flexibility index (Phi) is 2.39. The van der Waals surface area contributed by atoms with Crippen LogP contribution in [0.3, 0.4) is 0 Å². The lowest BCUT2D eigenvalue weighted by molar-refractivity contribution is 1.08. The Bertz CT molecular complexity index is 18.0. The summed E-state index contributed by atoms with van der Waals surface area (Å²) < 4.78 is 0. The van der Waals surface area contributed by atoms with Crippen molar-refractivity contribution in [3.63, 3.8) is 0 Å². The zero-order valence-corrected chi connectivity index (χ0v) is 2.44. The number of hydrogen-bond acceptors (Lipinski definition) is 2. The van der Waals surface area contributed by atoms with E-state index in [-0.39, 0.29) is 0 Å². The Morgan fingerprint density at radius 1 is 2.00 bits per heavy atom. The smallest absolute Gasteiger partial charge is 0.0852 e. The largest absolute Gasteiger partial charge is 0.312 e. The first-order chi connectivity index (χ1) is 1.91. The van der Waals surface area contributed by atoms with Gasteiger partial charge in [0.25, 0.3) is 0 Å². The van der Waals surface area contributed by atoms with E-state index in [1.54, 1.807) is 0 Å². The number of hydrogen-bond donors (Lipinski definition) is 1. The van der Waals surface area contributed by atoms with E-state index in [2.05, 4.69) is 11.7 Å². The second kappa shape index (κ2) is 2.63. The van der Waals surface area contributed by atoms with E-state index in [4.69, 9.17) is 5.73 Å². The average molecular weight is 58.1 g/mol. The molecule has 0 saturated carbocycles. The molecule has 0 heterocycles. The molecule has 2 heteroatoms. The van der Waals surface area contributed by atoms with Gasteiger partial charge in [-0.15, -0.1) is 0 Å². The number of nitrogens with two attached hydrogens (primary N) is 1. The highest BCUT2D eigenvalue weighted by molar-refractivity contribution is 5.22. The van der Waals surface area contributed by atoms with Crippen molar-refractivity contribution in [2.45, 2.75) is 0 Å². The van der Waals surface area contributed by atoms with Crippen molar-refractivity contribution < 1.29 is 0 Å². The van der Waals surface area contributed by atoms with Gasteiger partial charge in [0, 0.05) is 0 Å². The van der Waals surface area contributed by atoms with Gasteiger partial charge in [-0.1, -0.05) is 0 Å². The second-order valence-electron chi connectivity index (χ2n) is 0.406. The molecule has 0 aromatic heterocycles. The third kappa shape index (κ3) is 1.63. The van der Waals surface area contributed by atoms with E-state index in [0.29, 0.717) is 6.67 Å². The number of rotatable bonds is 1. The standard InChI is InChI=1S/C2H6N2/c1-4-2-3/h1-3H2. The summed E-state index contributed by atoms with van der Waals surface area (Å²) in [6, 6.07) is 0. The van der Waals surface area contributed by atoms with Gasteiger partial charge in [-0.05, 0) is 6.72 Å². The van der Waals surface area contributed by atoms with Crippen molar-refractivity contribution in [3.05, 3.63) is 0 Å². The molecule has 0 aliphatic carbocycles. The molecule has 0 unspecified atom stereocenters. The lowest BCUT2D eigenvalue weighted by Crippen LogP contribution is -1.90. The van der Waals surface area contributed by atoms with Crippen LogP contribution in [0, 0.1) is 0 Å². The molecule has 0 aliphatic rings. The van der Waals surface area contributed by atoms with Gasteiger partial charge in [-0.2, -0.15) is 0 Å². The zero-order valence-electron chi connectivity index (χ0n) is 2.44. The summed E-state index contributed by atoms with van der Waals surface area (Å²) in [7, 11) is 0. The Balaban J connectivity index is 2.30. The van der Waals surface area contributed by atoms with E-state index in [0.717, 1.165) is 0 Å². The Morgan fingerprint density at radius 3 is 2.25 bits per heavy atom. The highest BCUT2D eigenvalue weighted by atomic mass is 14.8. The van der Waals surface area contributed by atoms with Crippen molar-refractivity contribution in [2.24, 2.45) is 10.7 Å². The molecule has 0 rings (SSSR count). The SMILES string of the molecule is C=NCN. The van der Waals surface area contributed by atoms with Crippen LogP contribution in [0.1, 0.15) is 0 Å². The molecule has 4 heavy (non-hydrogen) atoms. The Morgan fingerprint density at radius 2 is 2.25 bits per heavy atom. The average Bonchev–Trinajstić information content (AvgIpc) is 1.37. The van der Waals surface area contributed by atoms with Gasteiger partial charge < -0.3 is 5.73 Å². The molecule has 0 aliphatic heterocycles. The minimum Gasteiger partial charge on any atom is -0.312 e. The zero-order chi connectivity index (χ0) is 3.41. The summed E-state index contributed by atoms with van der Waals surface area (Å²) >= 11 is 0. The fourth-order valence-corrected chi connectivity index (χ4v) is 0. The molecule has 0 fully saturated rings. The summed E-state index contributed by atoms with van der Waals surface area (Å²) in [5, 5.41) is 0. The fourth-order valence-electron chi connectivity index (χ4n) is 0. The minimum absolute atomic E-state index is 0.333. The normalized spacial score (nSPS) is 6.25. The maximum absolute atomic E-state index is 4.80. The topological polar surface area (TPSA) is 38.4 Å². The van der Waals surface area contributed by atoms with Crippen molar-refractivity contribution >= 4 is 6.72 Å². The minimum atomic E-state index is 0.333. The maximum atomic E-state index is 4.80. The van der Waals surface area contributed by atoms with Crippen LogP contribution >= 0.6 is 0 Å². The van der Waals surface area contributed by atoms with E-state index < -0.39 is 0 Å². The molecule has 2 N–H and O–H groups in total. The third-order valence-electron chi connectivity index (χ3n) is 0.129. The molecule has 0 radical (unpaired) electrons. The molecule has 0 saturated heterocycles. The van der Waals surface area contributed by atoms with Gasteiger partial charge >= 0.3 is 0 Å². The highest BCUT2D eigenvalue weighted by Crippen LogP contribution is 1.36. The summed E-state index contributed by atoms with van der Waals surface area (Å²) in [6.07, 6.45) is 0. The molecule has 0 spiro atoms. The van der Waals surface area contributed by atoms with E-state index in [1.165, 1.54) is 0 Å². The van der Waals surface area contributed by atoms with E-state index in [9.17, 15) is 0 Å². The van der Waals surface area contributed by atoms with Crippen molar-refractivity contribution in [1.82, 2.24) is 0 Å². The molecule has 24 valence electrons. The molecule has 2 nitrogen and oxygen atoms in total. The Hall–Kier alpha value is -0.370. The first-order valence-electron chi connectivity index (χ1n) is 1.04. The van der Waals surface area contributed by atoms with Crippen molar-refractivity contribution in [1.29, 1.82) is 0 Å². The first-order valence-corrected chi connectivity index (χ1v) is 1.04. The van der Waals surface area contributed by atoms with E-state index in [1.807, 2.05) is 0 Å². The van der Waals surface area contributed by atoms with Crippen LogP contribution in [0.15, 0.2) is 4.99 Å². The van der Waals surface area contributed by atoms with Crippen LogP contribution in [0.5, 0.6) is 0 Å². The summed E-state index contributed by atoms with van der Waals surface area (Å²) in [6.45, 7) is 3.44. The monoisotopic (exact) mass is 58.1 g/mol. The molecular formula is C2H6N2. The summed E-state index contributed by atoms with van der Waals surface area (Å²) in [5.74, 6) is 0. The van der Waals surface area contributed by atoms with Crippen molar-refractivity contribution in [2.75, 3.05) is 6.67 Å². The Labute approximate surface area is 25.3 Å². The van der Waals surface area contributed by atoms with Gasteiger partial charge in [-0.25, -0.2) is 0 Å². The molecule has 0 bridgehead atoms. The van der Waals surface area contributed by atoms with Gasteiger partial charge in [-0.3, -0.25) is 4.99 Å². The van der Waals surface area contributed by atoms with Gasteiger partial charge in [0.15, 0.2) is 0 Å². The van der Waals surface area contributed by atoms with Crippen LogP contribution in [-0.2, 0) is 0 Å². The van der Waals surface area contributed by atoms with Gasteiger partial charge in [0.2, 0.25) is 0 Å². The summed E-state index contributed by atoms with van der Waals surface area (Å²) in [4.78, 5) is 3.26.